The van der Waals surface area contributed by atoms with E-state index in [0.717, 1.165) is 22.7 Å². The van der Waals surface area contributed by atoms with Crippen molar-refractivity contribution < 1.29 is 4.79 Å². The highest BCUT2D eigenvalue weighted by atomic mass is 16.2. The Labute approximate surface area is 158 Å². The first-order valence-corrected chi connectivity index (χ1v) is 8.75. The Morgan fingerprint density at radius 2 is 1.19 bits per heavy atom. The van der Waals surface area contributed by atoms with Crippen molar-refractivity contribution in [3.8, 4) is 0 Å². The third kappa shape index (κ3) is 3.15. The first-order valence-electron chi connectivity index (χ1n) is 8.75. The highest BCUT2D eigenvalue weighted by Crippen LogP contribution is 2.32. The number of nitrogens with zero attached hydrogens (tertiary/aromatic N) is 4. The number of rotatable bonds is 4. The fourth-order valence-electron chi connectivity index (χ4n) is 2.97. The lowest BCUT2D eigenvalue weighted by molar-refractivity contribution is 0.253. The number of urea groups is 1. The molecule has 5 heteroatoms. The lowest BCUT2D eigenvalue weighted by atomic mass is 10.2. The Balaban J connectivity index is 1.74. The lowest BCUT2D eigenvalue weighted by Gasteiger charge is -2.42. The summed E-state index contributed by atoms with van der Waals surface area (Å²) in [6, 6.07) is 27.0. The summed E-state index contributed by atoms with van der Waals surface area (Å²) >= 11 is 0. The molecule has 1 aliphatic rings. The number of aliphatic imine (C=N–C) groups is 1. The fraction of sp³-hybridized carbons (Fsp3) is 0.0909. The van der Waals surface area contributed by atoms with Crippen molar-refractivity contribution in [1.29, 1.82) is 0 Å². The number of hydrogen-bond acceptors (Lipinski definition) is 3. The van der Waals surface area contributed by atoms with Crippen molar-refractivity contribution in [2.75, 3.05) is 28.8 Å². The zero-order valence-electron chi connectivity index (χ0n) is 15.3. The van der Waals surface area contributed by atoms with Crippen molar-refractivity contribution in [3.63, 3.8) is 0 Å². The summed E-state index contributed by atoms with van der Waals surface area (Å²) in [5.74, 6) is 0.593. The van der Waals surface area contributed by atoms with Crippen LogP contribution in [0.15, 0.2) is 89.9 Å². The Kier molecular flexibility index (Phi) is 4.34. The maximum atomic E-state index is 12.9. The van der Waals surface area contributed by atoms with Crippen LogP contribution in [-0.4, -0.2) is 26.1 Å². The fourth-order valence-corrected chi connectivity index (χ4v) is 2.97. The minimum Gasteiger partial charge on any atom is -0.378 e. The molecule has 3 aromatic rings. The maximum Gasteiger partial charge on any atom is 0.342 e. The number of amides is 2. The van der Waals surface area contributed by atoms with Gasteiger partial charge in [0.1, 0.15) is 0 Å². The predicted octanol–water partition coefficient (Wildman–Crippen LogP) is 4.89. The highest BCUT2D eigenvalue weighted by molar-refractivity contribution is 6.43. The van der Waals surface area contributed by atoms with Crippen molar-refractivity contribution in [2.24, 2.45) is 4.99 Å². The third-order valence-electron chi connectivity index (χ3n) is 4.41. The van der Waals surface area contributed by atoms with Crippen LogP contribution in [0.4, 0.5) is 27.5 Å². The normalized spacial score (nSPS) is 13.4. The van der Waals surface area contributed by atoms with Crippen LogP contribution in [-0.2, 0) is 0 Å². The van der Waals surface area contributed by atoms with Gasteiger partial charge in [-0.15, -0.1) is 0 Å². The first-order chi connectivity index (χ1) is 13.1. The van der Waals surface area contributed by atoms with Gasteiger partial charge in [-0.25, -0.2) is 19.6 Å². The van der Waals surface area contributed by atoms with Gasteiger partial charge in [0, 0.05) is 19.8 Å². The van der Waals surface area contributed by atoms with E-state index in [0.29, 0.717) is 5.96 Å². The Morgan fingerprint density at radius 1 is 0.704 bits per heavy atom. The molecule has 1 fully saturated rings. The number of guanidine groups is 1. The molecule has 0 spiro atoms. The van der Waals surface area contributed by atoms with E-state index in [1.165, 1.54) is 0 Å². The standard InChI is InChI=1S/C22H20N4O/c1-24(2)18-15-13-17(14-16-18)23-21-25(19-9-5-3-6-10-19)22(27)26(21)20-11-7-4-8-12-20/h3-16H,1-2H3. The summed E-state index contributed by atoms with van der Waals surface area (Å²) in [5.41, 5.74) is 3.50. The number of benzene rings is 3. The molecule has 3 aromatic carbocycles. The van der Waals surface area contributed by atoms with E-state index in [-0.39, 0.29) is 6.03 Å². The number of hydrogen-bond donors (Lipinski definition) is 0. The molecular weight excluding hydrogens is 336 g/mol. The molecule has 5 nitrogen and oxygen atoms in total. The molecule has 0 bridgehead atoms. The van der Waals surface area contributed by atoms with E-state index in [9.17, 15) is 4.79 Å². The molecule has 0 aromatic heterocycles. The van der Waals surface area contributed by atoms with Crippen molar-refractivity contribution in [1.82, 2.24) is 0 Å². The van der Waals surface area contributed by atoms with E-state index in [1.807, 2.05) is 104 Å². The SMILES string of the molecule is CN(C)c1ccc(N=C2N(c3ccccc3)C(=O)N2c2ccccc2)cc1. The molecular formula is C22H20N4O. The minimum atomic E-state index is -0.115. The zero-order chi connectivity index (χ0) is 18.8. The van der Waals surface area contributed by atoms with Gasteiger partial charge in [0.2, 0.25) is 5.96 Å². The molecule has 0 unspecified atom stereocenters. The quantitative estimate of drug-likeness (QED) is 0.668. The summed E-state index contributed by atoms with van der Waals surface area (Å²) in [4.78, 5) is 22.9. The third-order valence-corrected chi connectivity index (χ3v) is 4.41. The van der Waals surface area contributed by atoms with Gasteiger partial charge in [0.15, 0.2) is 0 Å². The van der Waals surface area contributed by atoms with Crippen molar-refractivity contribution >= 4 is 34.7 Å². The molecule has 27 heavy (non-hydrogen) atoms. The average molecular weight is 356 g/mol. The van der Waals surface area contributed by atoms with E-state index < -0.39 is 0 Å². The summed E-state index contributed by atoms with van der Waals surface area (Å²) in [7, 11) is 4.00. The van der Waals surface area contributed by atoms with Gasteiger partial charge in [-0.3, -0.25) is 0 Å². The monoisotopic (exact) mass is 356 g/mol. The predicted molar refractivity (Wildman–Crippen MR) is 111 cm³/mol. The van der Waals surface area contributed by atoms with Gasteiger partial charge in [0.25, 0.3) is 0 Å². The van der Waals surface area contributed by atoms with Crippen LogP contribution < -0.4 is 14.7 Å². The molecule has 0 atom stereocenters. The Bertz CT molecular complexity index is 915. The number of para-hydroxylation sites is 2. The summed E-state index contributed by atoms with van der Waals surface area (Å²) < 4.78 is 0. The van der Waals surface area contributed by atoms with Gasteiger partial charge < -0.3 is 4.90 Å². The van der Waals surface area contributed by atoms with Gasteiger partial charge in [-0.2, -0.15) is 0 Å². The van der Waals surface area contributed by atoms with Crippen LogP contribution in [0.2, 0.25) is 0 Å². The first kappa shape index (κ1) is 16.8. The van der Waals surface area contributed by atoms with Gasteiger partial charge in [-0.1, -0.05) is 36.4 Å². The molecule has 0 saturated carbocycles. The Hall–Kier alpha value is -3.60. The van der Waals surface area contributed by atoms with Gasteiger partial charge >= 0.3 is 6.03 Å². The van der Waals surface area contributed by atoms with Gasteiger partial charge in [0.05, 0.1) is 17.1 Å². The second-order valence-electron chi connectivity index (χ2n) is 6.45. The summed E-state index contributed by atoms with van der Waals surface area (Å²) in [6.07, 6.45) is 0. The second-order valence-corrected chi connectivity index (χ2v) is 6.45. The van der Waals surface area contributed by atoms with E-state index in [1.54, 1.807) is 9.80 Å². The second kappa shape index (κ2) is 6.96. The summed E-state index contributed by atoms with van der Waals surface area (Å²) in [6.45, 7) is 0. The van der Waals surface area contributed by atoms with E-state index in [4.69, 9.17) is 4.99 Å². The van der Waals surface area contributed by atoms with Gasteiger partial charge in [-0.05, 0) is 48.5 Å². The molecule has 2 amide bonds. The van der Waals surface area contributed by atoms with Crippen LogP contribution in [0.1, 0.15) is 0 Å². The smallest absolute Gasteiger partial charge is 0.342 e. The highest BCUT2D eigenvalue weighted by Gasteiger charge is 2.43. The molecule has 1 aliphatic heterocycles. The topological polar surface area (TPSA) is 39.1 Å². The molecule has 0 radical (unpaired) electrons. The zero-order valence-corrected chi connectivity index (χ0v) is 15.3. The Morgan fingerprint density at radius 3 is 1.63 bits per heavy atom. The number of anilines is 3. The molecule has 4 rings (SSSR count). The van der Waals surface area contributed by atoms with Crippen LogP contribution in [0.5, 0.6) is 0 Å². The average Bonchev–Trinajstić information content (AvgIpc) is 2.70. The van der Waals surface area contributed by atoms with Crippen LogP contribution in [0, 0.1) is 0 Å². The van der Waals surface area contributed by atoms with Crippen LogP contribution in [0.25, 0.3) is 0 Å². The van der Waals surface area contributed by atoms with E-state index >= 15 is 0 Å². The number of carbonyl (C=O) groups is 1. The molecule has 134 valence electrons. The number of carbonyl (C=O) groups excluding carboxylic acids is 1. The van der Waals surface area contributed by atoms with Crippen LogP contribution in [0.3, 0.4) is 0 Å². The molecule has 1 heterocycles. The van der Waals surface area contributed by atoms with Crippen molar-refractivity contribution in [2.45, 2.75) is 0 Å². The molecule has 1 saturated heterocycles. The summed E-state index contributed by atoms with van der Waals surface area (Å²) in [5, 5.41) is 0. The molecule has 0 aliphatic carbocycles. The largest absolute Gasteiger partial charge is 0.378 e. The maximum absolute atomic E-state index is 12.9. The van der Waals surface area contributed by atoms with Crippen LogP contribution >= 0.6 is 0 Å². The lowest BCUT2D eigenvalue weighted by Crippen LogP contribution is -2.65. The minimum absolute atomic E-state index is 0.115. The van der Waals surface area contributed by atoms with E-state index in [2.05, 4.69) is 0 Å². The van der Waals surface area contributed by atoms with Crippen molar-refractivity contribution in [3.05, 3.63) is 84.9 Å². The molecule has 0 N–H and O–H groups in total.